The van der Waals surface area contributed by atoms with E-state index in [-0.39, 0.29) is 5.91 Å². The lowest BCUT2D eigenvalue weighted by atomic mass is 9.94. The van der Waals surface area contributed by atoms with E-state index in [0.29, 0.717) is 23.3 Å². The topological polar surface area (TPSA) is 81.1 Å². The van der Waals surface area contributed by atoms with Gasteiger partial charge in [-0.05, 0) is 56.2 Å². The first-order chi connectivity index (χ1) is 16.4. The Kier molecular flexibility index (Phi) is 7.26. The minimum atomic E-state index is -0.479. The van der Waals surface area contributed by atoms with E-state index in [4.69, 9.17) is 9.84 Å². The quantitative estimate of drug-likeness (QED) is 0.404. The van der Waals surface area contributed by atoms with Crippen LogP contribution in [0.15, 0.2) is 58.9 Å². The van der Waals surface area contributed by atoms with E-state index in [9.17, 15) is 4.79 Å². The van der Waals surface area contributed by atoms with Crippen molar-refractivity contribution in [3.8, 4) is 5.75 Å². The van der Waals surface area contributed by atoms with Gasteiger partial charge in [-0.1, -0.05) is 55.9 Å². The molecule has 2 N–H and O–H groups in total. The lowest BCUT2D eigenvalue weighted by Crippen LogP contribution is -2.32. The van der Waals surface area contributed by atoms with E-state index >= 15 is 0 Å². The van der Waals surface area contributed by atoms with Gasteiger partial charge in [0.1, 0.15) is 11.8 Å². The number of aryl methyl sites for hydroxylation is 1. The number of fused-ring (bicyclic) bond motifs is 1. The van der Waals surface area contributed by atoms with Gasteiger partial charge in [0.25, 0.3) is 5.91 Å². The third kappa shape index (κ3) is 4.68. The van der Waals surface area contributed by atoms with Gasteiger partial charge in [-0.25, -0.2) is 4.68 Å². The number of carbonyl (C=O) groups excluding carboxylic acids is 1. The number of thioether (sulfide) groups is 1. The summed E-state index contributed by atoms with van der Waals surface area (Å²) >= 11 is 1.57. The van der Waals surface area contributed by atoms with Gasteiger partial charge in [-0.3, -0.25) is 4.79 Å². The molecule has 0 aliphatic carbocycles. The highest BCUT2D eigenvalue weighted by molar-refractivity contribution is 7.99. The Balaban J connectivity index is 1.82. The zero-order valence-corrected chi connectivity index (χ0v) is 21.1. The molecule has 3 aromatic rings. The maximum Gasteiger partial charge on any atom is 0.255 e. The van der Waals surface area contributed by atoms with Crippen LogP contribution in [-0.4, -0.2) is 33.0 Å². The van der Waals surface area contributed by atoms with Gasteiger partial charge in [-0.15, -0.1) is 5.10 Å². The fourth-order valence-corrected chi connectivity index (χ4v) is 4.58. The lowest BCUT2D eigenvalue weighted by Gasteiger charge is -2.30. The number of rotatable bonds is 8. The molecule has 0 saturated carbocycles. The summed E-state index contributed by atoms with van der Waals surface area (Å²) in [5.74, 6) is 2.04. The van der Waals surface area contributed by atoms with Crippen molar-refractivity contribution < 1.29 is 9.53 Å². The van der Waals surface area contributed by atoms with E-state index < -0.39 is 6.04 Å². The Morgan fingerprint density at radius 1 is 1.15 bits per heavy atom. The monoisotopic (exact) mass is 477 g/mol. The first-order valence-corrected chi connectivity index (χ1v) is 12.6. The first kappa shape index (κ1) is 23.9. The van der Waals surface area contributed by atoms with Gasteiger partial charge < -0.3 is 15.4 Å². The normalized spacial score (nSPS) is 15.0. The second-order valence-electron chi connectivity index (χ2n) is 8.25. The van der Waals surface area contributed by atoms with E-state index in [2.05, 4.69) is 29.5 Å². The first-order valence-electron chi connectivity index (χ1n) is 11.6. The summed E-state index contributed by atoms with van der Waals surface area (Å²) in [5.41, 5.74) is 5.17. The van der Waals surface area contributed by atoms with Crippen LogP contribution in [0.3, 0.4) is 0 Å². The molecule has 0 bridgehead atoms. The molecule has 1 aromatic heterocycles. The van der Waals surface area contributed by atoms with Crippen LogP contribution >= 0.6 is 11.8 Å². The van der Waals surface area contributed by atoms with Gasteiger partial charge in [0.05, 0.1) is 12.2 Å². The third-order valence-corrected chi connectivity index (χ3v) is 6.60. The number of nitrogens with zero attached hydrogens (tertiary/aromatic N) is 3. The summed E-state index contributed by atoms with van der Waals surface area (Å²) < 4.78 is 7.89. The van der Waals surface area contributed by atoms with E-state index in [1.165, 1.54) is 0 Å². The van der Waals surface area contributed by atoms with E-state index in [0.717, 1.165) is 46.0 Å². The van der Waals surface area contributed by atoms with Crippen LogP contribution in [0, 0.1) is 13.8 Å². The van der Waals surface area contributed by atoms with E-state index in [1.807, 2.05) is 63.2 Å². The Labute approximate surface area is 205 Å². The second kappa shape index (κ2) is 10.3. The maximum atomic E-state index is 13.8. The van der Waals surface area contributed by atoms with Crippen molar-refractivity contribution in [3.05, 3.63) is 70.4 Å². The minimum Gasteiger partial charge on any atom is -0.493 e. The average Bonchev–Trinajstić information content (AvgIpc) is 3.22. The number of benzene rings is 2. The van der Waals surface area contributed by atoms with Crippen LogP contribution in [0.2, 0.25) is 0 Å². The average molecular weight is 478 g/mol. The van der Waals surface area contributed by atoms with Crippen molar-refractivity contribution in [1.29, 1.82) is 0 Å². The molecule has 1 aliphatic rings. The molecule has 0 spiro atoms. The molecule has 0 radical (unpaired) electrons. The van der Waals surface area contributed by atoms with Gasteiger partial charge in [0.15, 0.2) is 0 Å². The molecule has 34 heavy (non-hydrogen) atoms. The molecule has 1 aliphatic heterocycles. The van der Waals surface area contributed by atoms with Crippen LogP contribution in [-0.2, 0) is 4.79 Å². The number of amides is 1. The number of ether oxygens (including phenoxy) is 1. The molecular weight excluding hydrogens is 446 g/mol. The number of hydrogen-bond donors (Lipinski definition) is 2. The van der Waals surface area contributed by atoms with Crippen LogP contribution in [0.25, 0.3) is 0 Å². The number of anilines is 2. The number of carbonyl (C=O) groups is 1. The molecule has 8 heteroatoms. The molecule has 178 valence electrons. The van der Waals surface area contributed by atoms with Gasteiger partial charge in [0.2, 0.25) is 11.1 Å². The van der Waals surface area contributed by atoms with Crippen molar-refractivity contribution in [1.82, 2.24) is 14.8 Å². The SMILES string of the molecule is CCCOc1ccccc1C1C(C(=O)Nc2cccc(C)c2C)=C(C)Nc2nc(SCC)nn21. The van der Waals surface area contributed by atoms with Crippen molar-refractivity contribution in [3.63, 3.8) is 0 Å². The van der Waals surface area contributed by atoms with Crippen LogP contribution in [0.1, 0.15) is 49.9 Å². The summed E-state index contributed by atoms with van der Waals surface area (Å²) in [4.78, 5) is 18.4. The summed E-state index contributed by atoms with van der Waals surface area (Å²) in [6.07, 6.45) is 0.890. The van der Waals surface area contributed by atoms with Gasteiger partial charge in [0, 0.05) is 16.9 Å². The van der Waals surface area contributed by atoms with Crippen LogP contribution in [0.5, 0.6) is 5.75 Å². The summed E-state index contributed by atoms with van der Waals surface area (Å²) in [6, 6.07) is 13.3. The number of aromatic nitrogens is 3. The highest BCUT2D eigenvalue weighted by Crippen LogP contribution is 2.40. The fourth-order valence-electron chi connectivity index (χ4n) is 4.03. The summed E-state index contributed by atoms with van der Waals surface area (Å²) in [7, 11) is 0. The Bertz CT molecular complexity index is 1230. The highest BCUT2D eigenvalue weighted by atomic mass is 32.2. The van der Waals surface area contributed by atoms with Crippen LogP contribution < -0.4 is 15.4 Å². The number of hydrogen-bond acceptors (Lipinski definition) is 6. The molecule has 0 saturated heterocycles. The smallest absolute Gasteiger partial charge is 0.255 e. The largest absolute Gasteiger partial charge is 0.493 e. The minimum absolute atomic E-state index is 0.181. The van der Waals surface area contributed by atoms with E-state index in [1.54, 1.807) is 16.4 Å². The molecule has 7 nitrogen and oxygen atoms in total. The Morgan fingerprint density at radius 2 is 1.94 bits per heavy atom. The van der Waals surface area contributed by atoms with Gasteiger partial charge in [-0.2, -0.15) is 4.98 Å². The molecule has 1 unspecified atom stereocenters. The predicted octanol–water partition coefficient (Wildman–Crippen LogP) is 5.72. The molecule has 1 amide bonds. The standard InChI is InChI=1S/C26H31N5O2S/c1-6-15-33-21-14-9-8-12-19(21)23-22(24(32)28-20-13-10-11-16(3)17(20)4)18(5)27-25-29-26(34-7-2)30-31(23)25/h8-14,23H,6-7,15H2,1-5H3,(H,28,32)(H,27,29,30). The molecular formula is C26H31N5O2S. The van der Waals surface area contributed by atoms with Crippen molar-refractivity contribution in [2.45, 2.75) is 52.2 Å². The third-order valence-electron chi connectivity index (χ3n) is 5.88. The van der Waals surface area contributed by atoms with Crippen molar-refractivity contribution in [2.75, 3.05) is 23.0 Å². The Hall–Kier alpha value is -3.26. The lowest BCUT2D eigenvalue weighted by molar-refractivity contribution is -0.113. The molecule has 0 fully saturated rings. The second-order valence-corrected chi connectivity index (χ2v) is 9.48. The summed E-state index contributed by atoms with van der Waals surface area (Å²) in [5, 5.41) is 11.9. The zero-order chi connectivity index (χ0) is 24.2. The molecule has 2 aromatic carbocycles. The zero-order valence-electron chi connectivity index (χ0n) is 20.3. The number of para-hydroxylation sites is 1. The van der Waals surface area contributed by atoms with Crippen LogP contribution in [0.4, 0.5) is 11.6 Å². The van der Waals surface area contributed by atoms with Crippen molar-refractivity contribution >= 4 is 29.3 Å². The summed E-state index contributed by atoms with van der Waals surface area (Å²) in [6.45, 7) is 10.7. The highest BCUT2D eigenvalue weighted by Gasteiger charge is 2.36. The van der Waals surface area contributed by atoms with Crippen molar-refractivity contribution in [2.24, 2.45) is 0 Å². The molecule has 4 rings (SSSR count). The Morgan fingerprint density at radius 3 is 2.71 bits per heavy atom. The number of allylic oxidation sites excluding steroid dienone is 1. The molecule has 1 atom stereocenters. The van der Waals surface area contributed by atoms with Gasteiger partial charge >= 0.3 is 0 Å². The predicted molar refractivity (Wildman–Crippen MR) is 138 cm³/mol. The fraction of sp³-hybridized carbons (Fsp3) is 0.346. The maximum absolute atomic E-state index is 13.8. The number of nitrogens with one attached hydrogen (secondary N) is 2. The molecule has 2 heterocycles.